The first-order chi connectivity index (χ1) is 17.3. The van der Waals surface area contributed by atoms with Gasteiger partial charge in [0.25, 0.3) is 0 Å². The topological polar surface area (TPSA) is 145 Å². The third-order valence-corrected chi connectivity index (χ3v) is 11.6. The molecule has 38 heavy (non-hydrogen) atoms. The number of hydrogen-bond acceptors (Lipinski definition) is 8. The molecule has 0 heterocycles. The summed E-state index contributed by atoms with van der Waals surface area (Å²) in [5.74, 6) is -1.81. The van der Waals surface area contributed by atoms with Crippen LogP contribution in [0.5, 0.6) is 0 Å². The Hall–Kier alpha value is -1.32. The largest absolute Gasteiger partial charge is 0.460 e. The summed E-state index contributed by atoms with van der Waals surface area (Å²) in [4.78, 5) is 25.2. The average molecular weight is 537 g/mol. The molecule has 3 saturated carbocycles. The van der Waals surface area contributed by atoms with Gasteiger partial charge in [-0.15, -0.1) is 0 Å². The van der Waals surface area contributed by atoms with Gasteiger partial charge in [0.2, 0.25) is 0 Å². The molecule has 216 valence electrons. The summed E-state index contributed by atoms with van der Waals surface area (Å²) in [7, 11) is 0. The molecule has 8 heteroatoms. The number of carbonyl (C=O) groups excluding carboxylic acids is 2. The van der Waals surface area contributed by atoms with Crippen molar-refractivity contribution in [3.63, 3.8) is 0 Å². The second-order valence-corrected chi connectivity index (χ2v) is 14.2. The van der Waals surface area contributed by atoms with Gasteiger partial charge in [-0.3, -0.25) is 9.59 Å². The smallest absolute Gasteiger partial charge is 0.302 e. The second-order valence-electron chi connectivity index (χ2n) is 14.2. The minimum Gasteiger partial charge on any atom is -0.460 e. The summed E-state index contributed by atoms with van der Waals surface area (Å²) in [6.07, 6.45) is 1.78. The number of aliphatic hydroxyl groups is 5. The third-order valence-electron chi connectivity index (χ3n) is 11.6. The summed E-state index contributed by atoms with van der Waals surface area (Å²) in [6, 6.07) is 0. The molecule has 5 N–H and O–H groups in total. The summed E-state index contributed by atoms with van der Waals surface area (Å²) < 4.78 is 5.45. The number of rotatable bonds is 6. The van der Waals surface area contributed by atoms with E-state index in [9.17, 15) is 35.1 Å². The van der Waals surface area contributed by atoms with E-state index in [-0.39, 0.29) is 30.5 Å². The van der Waals surface area contributed by atoms with Crippen LogP contribution in [0.1, 0.15) is 93.4 Å². The van der Waals surface area contributed by atoms with Gasteiger partial charge < -0.3 is 30.3 Å². The maximum atomic E-state index is 13.5. The van der Waals surface area contributed by atoms with Crippen molar-refractivity contribution in [2.24, 2.45) is 34.5 Å². The molecule has 4 aliphatic rings. The molecule has 0 aromatic rings. The Kier molecular flexibility index (Phi) is 7.31. The van der Waals surface area contributed by atoms with Gasteiger partial charge in [-0.05, 0) is 101 Å². The zero-order valence-corrected chi connectivity index (χ0v) is 24.0. The lowest BCUT2D eigenvalue weighted by molar-refractivity contribution is -0.184. The first-order valence-corrected chi connectivity index (χ1v) is 14.3. The first-order valence-electron chi connectivity index (χ1n) is 14.3. The van der Waals surface area contributed by atoms with Gasteiger partial charge >= 0.3 is 5.97 Å². The molecule has 3 fully saturated rings. The van der Waals surface area contributed by atoms with Gasteiger partial charge in [0, 0.05) is 18.3 Å². The highest BCUT2D eigenvalue weighted by Crippen LogP contribution is 2.68. The van der Waals surface area contributed by atoms with Gasteiger partial charge in [-0.2, -0.15) is 0 Å². The predicted molar refractivity (Wildman–Crippen MR) is 141 cm³/mol. The van der Waals surface area contributed by atoms with E-state index in [1.54, 1.807) is 26.8 Å². The summed E-state index contributed by atoms with van der Waals surface area (Å²) in [5.41, 5.74) is -4.52. The van der Waals surface area contributed by atoms with Crippen LogP contribution in [0.2, 0.25) is 0 Å². The van der Waals surface area contributed by atoms with Crippen LogP contribution in [0.3, 0.4) is 0 Å². The van der Waals surface area contributed by atoms with Crippen molar-refractivity contribution in [3.8, 4) is 0 Å². The third kappa shape index (κ3) is 4.39. The van der Waals surface area contributed by atoms with Gasteiger partial charge in [-0.1, -0.05) is 20.8 Å². The SMILES string of the molecule is CC(=O)O[C@H]1C[C@@]2(C)[C@@H](C[C@H]1O)C(=O)C=C1[C@@H]2CC[C@]2(C)[C@@H]([C@@](C)(O)[C@H](O)C[C@@H](C)C(C)(C)O)CC[C@@]12O. The summed E-state index contributed by atoms with van der Waals surface area (Å²) >= 11 is 0. The fourth-order valence-corrected chi connectivity index (χ4v) is 8.71. The molecule has 0 aliphatic heterocycles. The average Bonchev–Trinajstić information content (AvgIpc) is 3.06. The monoisotopic (exact) mass is 536 g/mol. The maximum absolute atomic E-state index is 13.5. The van der Waals surface area contributed by atoms with E-state index in [0.29, 0.717) is 37.7 Å². The molecule has 0 aromatic heterocycles. The van der Waals surface area contributed by atoms with Gasteiger partial charge in [0.05, 0.1) is 29.0 Å². The van der Waals surface area contributed by atoms with Crippen LogP contribution in [0.15, 0.2) is 11.6 Å². The number of esters is 1. The van der Waals surface area contributed by atoms with Gasteiger partial charge in [0.15, 0.2) is 5.78 Å². The van der Waals surface area contributed by atoms with E-state index in [2.05, 4.69) is 0 Å². The summed E-state index contributed by atoms with van der Waals surface area (Å²) in [5, 5.41) is 56.3. The Bertz CT molecular complexity index is 997. The summed E-state index contributed by atoms with van der Waals surface area (Å²) in [6.45, 7) is 12.1. The van der Waals surface area contributed by atoms with E-state index in [0.717, 1.165) is 0 Å². The van der Waals surface area contributed by atoms with Crippen LogP contribution in [0.4, 0.5) is 0 Å². The molecule has 4 aliphatic carbocycles. The van der Waals surface area contributed by atoms with Crippen molar-refractivity contribution in [3.05, 3.63) is 11.6 Å². The quantitative estimate of drug-likeness (QED) is 0.326. The van der Waals surface area contributed by atoms with Crippen LogP contribution in [0, 0.1) is 34.5 Å². The lowest BCUT2D eigenvalue weighted by Gasteiger charge is -2.61. The standard InChI is InChI=1S/C30H48O8/c1-16(26(3,4)35)12-25(34)29(7,36)24-9-11-30(37)19-13-21(32)20-14-22(33)23(38-17(2)31)15-27(20,5)18(19)8-10-28(24,30)6/h13,16,18,20,22-25,33-37H,8-12,14-15H2,1-7H3/t16-,18+,20+,22-,23+,24+,25-,27-,28-,29-,30-/m1/s1. The van der Waals surface area contributed by atoms with Crippen molar-refractivity contribution >= 4 is 11.8 Å². The molecule has 0 bridgehead atoms. The Morgan fingerprint density at radius 3 is 2.37 bits per heavy atom. The van der Waals surface area contributed by atoms with E-state index in [1.807, 2.05) is 20.8 Å². The molecule has 4 rings (SSSR count). The first kappa shape index (κ1) is 29.7. The predicted octanol–water partition coefficient (Wildman–Crippen LogP) is 2.67. The zero-order chi connectivity index (χ0) is 28.6. The molecule has 0 aromatic carbocycles. The Morgan fingerprint density at radius 2 is 1.79 bits per heavy atom. The fraction of sp³-hybridized carbons (Fsp3) is 0.867. The molecule has 8 nitrogen and oxygen atoms in total. The fourth-order valence-electron chi connectivity index (χ4n) is 8.71. The zero-order valence-electron chi connectivity index (χ0n) is 24.0. The molecular weight excluding hydrogens is 488 g/mol. The van der Waals surface area contributed by atoms with Crippen LogP contribution >= 0.6 is 0 Å². The van der Waals surface area contributed by atoms with E-state index in [4.69, 9.17) is 4.74 Å². The lowest BCUT2D eigenvalue weighted by Crippen LogP contribution is -2.63. The van der Waals surface area contributed by atoms with Crippen molar-refractivity contribution in [2.45, 2.75) is 129 Å². The minimum atomic E-state index is -1.51. The Morgan fingerprint density at radius 1 is 1.16 bits per heavy atom. The highest BCUT2D eigenvalue weighted by atomic mass is 16.6. The molecular formula is C30H48O8. The van der Waals surface area contributed by atoms with Crippen molar-refractivity contribution in [1.82, 2.24) is 0 Å². The highest BCUT2D eigenvalue weighted by molar-refractivity contribution is 5.95. The number of allylic oxidation sites excluding steroid dienone is 1. The molecule has 11 atom stereocenters. The second kappa shape index (κ2) is 9.37. The van der Waals surface area contributed by atoms with Crippen LogP contribution < -0.4 is 0 Å². The van der Waals surface area contributed by atoms with E-state index >= 15 is 0 Å². The number of carbonyl (C=O) groups is 2. The lowest BCUT2D eigenvalue weighted by atomic mass is 9.45. The number of ether oxygens (including phenoxy) is 1. The normalized spacial score (nSPS) is 44.2. The number of hydrogen-bond donors (Lipinski definition) is 5. The Labute approximate surface area is 226 Å². The van der Waals surface area contributed by atoms with Crippen LogP contribution in [-0.4, -0.2) is 72.4 Å². The van der Waals surface area contributed by atoms with Crippen molar-refractivity contribution < 1.29 is 39.9 Å². The number of ketones is 1. The van der Waals surface area contributed by atoms with Gasteiger partial charge in [0.1, 0.15) is 6.10 Å². The van der Waals surface area contributed by atoms with Crippen LogP contribution in [0.25, 0.3) is 0 Å². The Balaban J connectivity index is 1.66. The van der Waals surface area contributed by atoms with Crippen LogP contribution in [-0.2, 0) is 14.3 Å². The molecule has 0 saturated heterocycles. The molecule has 0 amide bonds. The van der Waals surface area contributed by atoms with E-state index in [1.165, 1.54) is 6.92 Å². The minimum absolute atomic E-state index is 0.119. The maximum Gasteiger partial charge on any atom is 0.302 e. The number of aliphatic hydroxyl groups excluding tert-OH is 2. The number of fused-ring (bicyclic) bond motifs is 5. The molecule has 0 radical (unpaired) electrons. The highest BCUT2D eigenvalue weighted by Gasteiger charge is 2.69. The van der Waals surface area contributed by atoms with Crippen molar-refractivity contribution in [2.75, 3.05) is 0 Å². The van der Waals surface area contributed by atoms with Gasteiger partial charge in [-0.25, -0.2) is 0 Å². The van der Waals surface area contributed by atoms with E-state index < -0.39 is 63.8 Å². The molecule has 0 spiro atoms. The molecule has 0 unspecified atom stereocenters. The van der Waals surface area contributed by atoms with Crippen molar-refractivity contribution in [1.29, 1.82) is 0 Å².